The normalized spacial score (nSPS) is 15.3. The number of rotatable bonds is 7. The number of carbonyl (C=O) groups is 5. The minimum absolute atomic E-state index is 0. The van der Waals surface area contributed by atoms with Crippen LogP contribution in [0, 0.1) is 18.2 Å². The van der Waals surface area contributed by atoms with Gasteiger partial charge in [0.15, 0.2) is 0 Å². The molecule has 3 aliphatic rings. The number of hydrogen-bond acceptors (Lipinski definition) is 5. The maximum atomic E-state index is 12.4. The maximum Gasteiger partial charge on any atom is 0.150 e. The average molecular weight is 971 g/mol. The van der Waals surface area contributed by atoms with Crippen LogP contribution in [0.2, 0.25) is 0 Å². The van der Waals surface area contributed by atoms with E-state index >= 15 is 0 Å². The predicted octanol–water partition coefficient (Wildman–Crippen LogP) is 9.71. The monoisotopic (exact) mass is 970 g/mol. The summed E-state index contributed by atoms with van der Waals surface area (Å²) in [5.41, 5.74) is 10.4. The van der Waals surface area contributed by atoms with Crippen LogP contribution in [0.5, 0.6) is 0 Å². The van der Waals surface area contributed by atoms with Crippen molar-refractivity contribution in [2.24, 2.45) is 0 Å². The first kappa shape index (κ1) is 47.8. The molecule has 5 nitrogen and oxygen atoms in total. The molecule has 0 unspecified atom stereocenters. The molecule has 0 saturated heterocycles. The van der Waals surface area contributed by atoms with Crippen molar-refractivity contribution in [3.05, 3.63) is 208 Å². The van der Waals surface area contributed by atoms with E-state index in [1.807, 2.05) is 127 Å². The number of allylic oxidation sites excluding steroid dienone is 8. The molecule has 57 heavy (non-hydrogen) atoms. The SMILES string of the molecule is O=C1CC(c2ccccc2)=[C-]/C1=C/c1ccc(/C=C2/[C-]=C(c3ccccc3)CC2=O)cc1.O=C1C[C-]=C(c2ccccc2)C1.O=Cc1ccc(C=O)cc1.[Y].[Y].[Y]. The van der Waals surface area contributed by atoms with E-state index < -0.39 is 0 Å². The largest absolute Gasteiger partial charge is 0.351 e. The fourth-order valence-electron chi connectivity index (χ4n) is 5.97. The van der Waals surface area contributed by atoms with Crippen LogP contribution < -0.4 is 0 Å². The van der Waals surface area contributed by atoms with Gasteiger partial charge in [-0.1, -0.05) is 156 Å². The standard InChI is InChI=1S/C30H20O2.C11H9O.C8H6O2.3Y/c31-29-19-25(23-7-3-1-4-8-23)17-27(29)15-21-11-13-22(14-12-21)16-28-18-26(20-30(28)32)24-9-5-2-6-10-24;12-11-7-6-10(8-11)9-4-2-1-3-5-9;9-5-7-1-2-8(6-10)4-3-7;;;/h1-16H,19-20H2;1-5H,7-8H2;1-6H;;;/q-2;-1;;;;/b27-15-,28-16-;;;;;. The van der Waals surface area contributed by atoms with Crippen LogP contribution in [0.4, 0.5) is 0 Å². The second-order valence-corrected chi connectivity index (χ2v) is 12.7. The van der Waals surface area contributed by atoms with Crippen molar-refractivity contribution < 1.29 is 122 Å². The molecule has 0 aliphatic heterocycles. The fourth-order valence-corrected chi connectivity index (χ4v) is 5.97. The van der Waals surface area contributed by atoms with Crippen LogP contribution in [0.1, 0.15) is 74.2 Å². The van der Waals surface area contributed by atoms with E-state index in [0.29, 0.717) is 48.0 Å². The summed E-state index contributed by atoms with van der Waals surface area (Å²) in [6.45, 7) is 0. The zero-order chi connectivity index (χ0) is 37.7. The topological polar surface area (TPSA) is 85.3 Å². The molecule has 3 aliphatic carbocycles. The molecule has 0 heterocycles. The summed E-state index contributed by atoms with van der Waals surface area (Å²) in [6.07, 6.45) is 16.7. The zero-order valence-corrected chi connectivity index (χ0v) is 39.7. The summed E-state index contributed by atoms with van der Waals surface area (Å²) in [4.78, 5) is 56.0. The second-order valence-electron chi connectivity index (χ2n) is 12.7. The van der Waals surface area contributed by atoms with E-state index in [2.05, 4.69) is 18.2 Å². The van der Waals surface area contributed by atoms with Crippen molar-refractivity contribution in [2.45, 2.75) is 25.7 Å². The number of aldehydes is 2. The molecule has 5 aromatic rings. The predicted molar refractivity (Wildman–Crippen MR) is 212 cm³/mol. The molecule has 0 fully saturated rings. The third-order valence-corrected chi connectivity index (χ3v) is 8.85. The second kappa shape index (κ2) is 24.4. The molecule has 8 heteroatoms. The van der Waals surface area contributed by atoms with Crippen LogP contribution in [-0.4, -0.2) is 29.9 Å². The Morgan fingerprint density at radius 3 is 1.05 bits per heavy atom. The van der Waals surface area contributed by atoms with Gasteiger partial charge in [-0.2, -0.15) is 5.56 Å². The van der Waals surface area contributed by atoms with Gasteiger partial charge in [0.25, 0.3) is 0 Å². The molecule has 0 atom stereocenters. The van der Waals surface area contributed by atoms with Crippen LogP contribution >= 0.6 is 0 Å². The first-order valence-electron chi connectivity index (χ1n) is 17.5. The van der Waals surface area contributed by atoms with E-state index in [9.17, 15) is 24.0 Å². The van der Waals surface area contributed by atoms with E-state index in [1.165, 1.54) is 0 Å². The van der Waals surface area contributed by atoms with Gasteiger partial charge in [-0.05, 0) is 19.3 Å². The molecule has 0 amide bonds. The first-order valence-corrected chi connectivity index (χ1v) is 17.5. The van der Waals surface area contributed by atoms with E-state index in [-0.39, 0.29) is 115 Å². The van der Waals surface area contributed by atoms with Crippen molar-refractivity contribution >= 4 is 58.8 Å². The van der Waals surface area contributed by atoms with Gasteiger partial charge in [0.1, 0.15) is 18.4 Å². The first-order chi connectivity index (χ1) is 26.4. The Kier molecular flexibility index (Phi) is 20.5. The Morgan fingerprint density at radius 1 is 0.404 bits per heavy atom. The number of ketones is 3. The van der Waals surface area contributed by atoms with Gasteiger partial charge in [-0.3, -0.25) is 15.7 Å². The minimum Gasteiger partial charge on any atom is -0.351 e. The van der Waals surface area contributed by atoms with Crippen LogP contribution in [0.25, 0.3) is 28.9 Å². The molecule has 8 rings (SSSR count). The molecule has 0 bridgehead atoms. The molecular formula is C49H35O5Y3-3. The van der Waals surface area contributed by atoms with Gasteiger partial charge in [0.2, 0.25) is 0 Å². The third kappa shape index (κ3) is 14.1. The van der Waals surface area contributed by atoms with Gasteiger partial charge >= 0.3 is 0 Å². The molecule has 0 spiro atoms. The van der Waals surface area contributed by atoms with Gasteiger partial charge in [0, 0.05) is 109 Å². The van der Waals surface area contributed by atoms with Crippen molar-refractivity contribution in [3.8, 4) is 0 Å². The average Bonchev–Trinajstić information content (AvgIpc) is 3.94. The molecule has 0 aromatic heterocycles. The molecule has 5 aromatic carbocycles. The fraction of sp³-hybridized carbons (Fsp3) is 0.0816. The summed E-state index contributed by atoms with van der Waals surface area (Å²) >= 11 is 0. The Balaban J connectivity index is 0.000000286. The summed E-state index contributed by atoms with van der Waals surface area (Å²) in [6, 6.07) is 44.0. The Labute approximate surface area is 409 Å². The van der Waals surface area contributed by atoms with Crippen LogP contribution in [-0.2, 0) is 113 Å². The van der Waals surface area contributed by atoms with E-state index in [4.69, 9.17) is 0 Å². The van der Waals surface area contributed by atoms with Crippen LogP contribution in [0.15, 0.2) is 151 Å². The minimum atomic E-state index is 0. The van der Waals surface area contributed by atoms with Gasteiger partial charge in [0.05, 0.1) is 11.6 Å². The quantitative estimate of drug-likeness (QED) is 0.0922. The molecule has 3 radical (unpaired) electrons. The number of hydrogen-bond donors (Lipinski definition) is 0. The number of Topliss-reactive ketones (excluding diaryl/α,β-unsaturated/α-hetero) is 3. The third-order valence-electron chi connectivity index (χ3n) is 8.85. The Morgan fingerprint density at radius 2 is 0.737 bits per heavy atom. The Hall–Kier alpha value is -3.54. The summed E-state index contributed by atoms with van der Waals surface area (Å²) in [7, 11) is 0. The van der Waals surface area contributed by atoms with Gasteiger partial charge in [-0.25, -0.2) is 5.57 Å². The molecule has 0 N–H and O–H groups in total. The van der Waals surface area contributed by atoms with Crippen molar-refractivity contribution in [2.75, 3.05) is 0 Å². The molecule has 273 valence electrons. The number of carbonyl (C=O) groups excluding carboxylic acids is 5. The zero-order valence-electron chi connectivity index (χ0n) is 31.2. The number of benzene rings is 5. The van der Waals surface area contributed by atoms with Crippen LogP contribution in [0.3, 0.4) is 0 Å². The van der Waals surface area contributed by atoms with Crippen molar-refractivity contribution in [3.63, 3.8) is 0 Å². The van der Waals surface area contributed by atoms with E-state index in [0.717, 1.165) is 57.1 Å². The van der Waals surface area contributed by atoms with Gasteiger partial charge < -0.3 is 14.4 Å². The van der Waals surface area contributed by atoms with Gasteiger partial charge in [-0.15, -0.1) is 58.7 Å². The van der Waals surface area contributed by atoms with Crippen molar-refractivity contribution in [1.82, 2.24) is 0 Å². The maximum absolute atomic E-state index is 12.4. The molecule has 0 saturated carbocycles. The summed E-state index contributed by atoms with van der Waals surface area (Å²) in [5.74, 6) is 0.438. The van der Waals surface area contributed by atoms with E-state index in [1.54, 1.807) is 24.3 Å². The summed E-state index contributed by atoms with van der Waals surface area (Å²) in [5, 5.41) is 0. The Bertz CT molecular complexity index is 2190. The van der Waals surface area contributed by atoms with Crippen molar-refractivity contribution in [1.29, 1.82) is 0 Å². The molecular weight excluding hydrogens is 935 g/mol. The smallest absolute Gasteiger partial charge is 0.150 e. The summed E-state index contributed by atoms with van der Waals surface area (Å²) < 4.78 is 0.